The summed E-state index contributed by atoms with van der Waals surface area (Å²) in [6, 6.07) is 5.55. The summed E-state index contributed by atoms with van der Waals surface area (Å²) in [5.41, 5.74) is -0.136. The lowest BCUT2D eigenvalue weighted by molar-refractivity contribution is -0.170. The Hall–Kier alpha value is -3.69. The molecule has 0 bridgehead atoms. The van der Waals surface area contributed by atoms with Crippen LogP contribution < -0.4 is 5.32 Å². The van der Waals surface area contributed by atoms with Crippen LogP contribution in [0.1, 0.15) is 23.7 Å². The fourth-order valence-electron chi connectivity index (χ4n) is 2.74. The maximum Gasteiger partial charge on any atom is 0.347 e. The highest BCUT2D eigenvalue weighted by Crippen LogP contribution is 2.20. The second-order valence-electron chi connectivity index (χ2n) is 6.90. The molecule has 1 N–H and O–H groups in total. The van der Waals surface area contributed by atoms with Gasteiger partial charge in [0, 0.05) is 13.1 Å². The van der Waals surface area contributed by atoms with Gasteiger partial charge < -0.3 is 19.5 Å². The Morgan fingerprint density at radius 2 is 1.85 bits per heavy atom. The monoisotopic (exact) mass is 492 g/mol. The number of carbonyl (C=O) groups is 4. The third kappa shape index (κ3) is 7.43. The van der Waals surface area contributed by atoms with Gasteiger partial charge in [-0.15, -0.1) is 6.42 Å². The molecule has 0 fully saturated rings. The van der Waals surface area contributed by atoms with E-state index >= 15 is 0 Å². The molecule has 0 saturated carbocycles. The van der Waals surface area contributed by atoms with Gasteiger partial charge in [-0.2, -0.15) is 4.31 Å². The zero-order chi connectivity index (χ0) is 25.1. The summed E-state index contributed by atoms with van der Waals surface area (Å²) in [5, 5.41) is 2.45. The predicted molar refractivity (Wildman–Crippen MR) is 118 cm³/mol. The molecule has 1 aromatic rings. The zero-order valence-electron chi connectivity index (χ0n) is 18.4. The number of rotatable bonds is 1. The standard InChI is InChI=1S/C22H24N2O9S/c1-3-12-24-13-6-7-14-31-22(28)16(2)33-20(26)15-32-19(25)10-11-23-21(27)17-8-4-5-9-18(17)34(24,29)30/h1,4-9,16H,10-15H2,2H3,(H,23,27)/b7-6-. The van der Waals surface area contributed by atoms with Gasteiger partial charge in [-0.3, -0.25) is 9.59 Å². The van der Waals surface area contributed by atoms with Crippen molar-refractivity contribution in [3.05, 3.63) is 42.0 Å². The lowest BCUT2D eigenvalue weighted by Gasteiger charge is -2.20. The topological polar surface area (TPSA) is 145 Å². The van der Waals surface area contributed by atoms with Crippen molar-refractivity contribution < 1.29 is 41.8 Å². The summed E-state index contributed by atoms with van der Waals surface area (Å²) in [6.45, 7) is -0.278. The minimum Gasteiger partial charge on any atom is -0.459 e. The van der Waals surface area contributed by atoms with E-state index in [2.05, 4.69) is 11.2 Å². The van der Waals surface area contributed by atoms with E-state index in [1.54, 1.807) is 0 Å². The van der Waals surface area contributed by atoms with Gasteiger partial charge in [0.15, 0.2) is 12.7 Å². The molecule has 1 unspecified atom stereocenters. The highest BCUT2D eigenvalue weighted by atomic mass is 32.2. The van der Waals surface area contributed by atoms with E-state index in [0.29, 0.717) is 0 Å². The number of hydrogen-bond acceptors (Lipinski definition) is 9. The van der Waals surface area contributed by atoms with Gasteiger partial charge in [-0.05, 0) is 25.1 Å². The molecule has 0 aliphatic carbocycles. The molecule has 2 rings (SSSR count). The minimum atomic E-state index is -4.18. The summed E-state index contributed by atoms with van der Waals surface area (Å²) in [6.07, 6.45) is 6.61. The maximum absolute atomic E-state index is 13.2. The van der Waals surface area contributed by atoms with Gasteiger partial charge in [-0.1, -0.05) is 24.1 Å². The lowest BCUT2D eigenvalue weighted by Crippen LogP contribution is -2.34. The van der Waals surface area contributed by atoms with E-state index in [1.807, 2.05) is 0 Å². The molecule has 0 saturated heterocycles. The fourth-order valence-corrected chi connectivity index (χ4v) is 4.23. The Morgan fingerprint density at radius 1 is 1.12 bits per heavy atom. The van der Waals surface area contributed by atoms with Gasteiger partial charge in [0.05, 0.1) is 23.4 Å². The second-order valence-corrected chi connectivity index (χ2v) is 8.80. The first-order valence-corrected chi connectivity index (χ1v) is 11.6. The predicted octanol–water partition coefficient (Wildman–Crippen LogP) is 0.0183. The summed E-state index contributed by atoms with van der Waals surface area (Å²) in [5.74, 6) is -1.06. The number of sulfonamides is 1. The van der Waals surface area contributed by atoms with Crippen molar-refractivity contribution >= 4 is 33.8 Å². The molecule has 0 aromatic heterocycles. The Bertz CT molecular complexity index is 1110. The van der Waals surface area contributed by atoms with E-state index in [9.17, 15) is 27.6 Å². The van der Waals surface area contributed by atoms with Crippen molar-refractivity contribution in [2.45, 2.75) is 24.3 Å². The first kappa shape index (κ1) is 26.6. The molecule has 182 valence electrons. The Morgan fingerprint density at radius 3 is 2.59 bits per heavy atom. The third-order valence-corrected chi connectivity index (χ3v) is 6.29. The number of carbonyl (C=O) groups excluding carboxylic acids is 4. The molecule has 0 radical (unpaired) electrons. The Labute approximate surface area is 197 Å². The largest absolute Gasteiger partial charge is 0.459 e. The van der Waals surface area contributed by atoms with E-state index < -0.39 is 46.5 Å². The van der Waals surface area contributed by atoms with Crippen molar-refractivity contribution in [1.82, 2.24) is 9.62 Å². The third-order valence-electron chi connectivity index (χ3n) is 4.42. The average molecular weight is 493 g/mol. The smallest absolute Gasteiger partial charge is 0.347 e. The van der Waals surface area contributed by atoms with Crippen LogP contribution in [0.2, 0.25) is 0 Å². The molecule has 0 spiro atoms. The number of ether oxygens (including phenoxy) is 3. The second kappa shape index (κ2) is 12.5. The quantitative estimate of drug-likeness (QED) is 0.248. The molecule has 34 heavy (non-hydrogen) atoms. The Kier molecular flexibility index (Phi) is 9.78. The van der Waals surface area contributed by atoms with Crippen molar-refractivity contribution in [2.75, 3.05) is 32.8 Å². The number of terminal acetylenes is 1. The summed E-state index contributed by atoms with van der Waals surface area (Å²) < 4.78 is 41.9. The van der Waals surface area contributed by atoms with Gasteiger partial charge in [-0.25, -0.2) is 18.0 Å². The van der Waals surface area contributed by atoms with Gasteiger partial charge in [0.1, 0.15) is 6.61 Å². The number of esters is 3. The van der Waals surface area contributed by atoms with Crippen LogP contribution in [0.25, 0.3) is 0 Å². The number of benzene rings is 1. The van der Waals surface area contributed by atoms with Crippen molar-refractivity contribution in [2.24, 2.45) is 0 Å². The van der Waals surface area contributed by atoms with E-state index in [-0.39, 0.29) is 43.1 Å². The molecular weight excluding hydrogens is 468 g/mol. The first-order valence-electron chi connectivity index (χ1n) is 10.1. The molecule has 1 heterocycles. The van der Waals surface area contributed by atoms with Crippen LogP contribution in [-0.2, 0) is 38.6 Å². The molecule has 1 amide bonds. The van der Waals surface area contributed by atoms with Crippen molar-refractivity contribution in [3.8, 4) is 12.3 Å². The number of hydrogen-bond donors (Lipinski definition) is 1. The highest BCUT2D eigenvalue weighted by molar-refractivity contribution is 7.89. The number of nitrogens with zero attached hydrogens (tertiary/aromatic N) is 1. The van der Waals surface area contributed by atoms with Crippen LogP contribution in [-0.4, -0.2) is 75.5 Å². The summed E-state index contributed by atoms with van der Waals surface area (Å²) in [7, 11) is -4.18. The van der Waals surface area contributed by atoms with Gasteiger partial charge in [0.2, 0.25) is 10.0 Å². The van der Waals surface area contributed by atoms with Crippen molar-refractivity contribution in [3.63, 3.8) is 0 Å². The molecular formula is C22H24N2O9S. The Balaban J connectivity index is 2.32. The van der Waals surface area contributed by atoms with Crippen molar-refractivity contribution in [1.29, 1.82) is 0 Å². The molecule has 11 nitrogen and oxygen atoms in total. The average Bonchev–Trinajstić information content (AvgIpc) is 2.81. The summed E-state index contributed by atoms with van der Waals surface area (Å²) in [4.78, 5) is 47.9. The normalized spacial score (nSPS) is 22.1. The van der Waals surface area contributed by atoms with Crippen LogP contribution in [0.4, 0.5) is 0 Å². The number of cyclic esters (lactones) is 3. The number of fused-ring (bicyclic) bond motifs is 1. The summed E-state index contributed by atoms with van der Waals surface area (Å²) >= 11 is 0. The molecule has 1 aliphatic heterocycles. The maximum atomic E-state index is 13.2. The number of nitrogens with one attached hydrogen (secondary N) is 1. The van der Waals surface area contributed by atoms with Crippen LogP contribution in [0.3, 0.4) is 0 Å². The molecule has 1 aromatic carbocycles. The first-order chi connectivity index (χ1) is 16.2. The van der Waals surface area contributed by atoms with Crippen LogP contribution >= 0.6 is 0 Å². The highest BCUT2D eigenvalue weighted by Gasteiger charge is 2.28. The lowest BCUT2D eigenvalue weighted by atomic mass is 10.2. The van der Waals surface area contributed by atoms with E-state index in [1.165, 1.54) is 43.3 Å². The SMILES string of the molecule is C#CCN1C/C=C\COC(=O)C(C)OC(=O)COC(=O)CCNC(=O)c2ccccc2S1(=O)=O. The number of amides is 1. The van der Waals surface area contributed by atoms with Gasteiger partial charge >= 0.3 is 17.9 Å². The van der Waals surface area contributed by atoms with Crippen LogP contribution in [0, 0.1) is 12.3 Å². The molecule has 1 aliphatic rings. The minimum absolute atomic E-state index is 0.136. The van der Waals surface area contributed by atoms with Crippen LogP contribution in [0.15, 0.2) is 41.3 Å². The van der Waals surface area contributed by atoms with E-state index in [0.717, 1.165) is 4.31 Å². The molecule has 1 atom stereocenters. The molecule has 12 heteroatoms. The fraction of sp³-hybridized carbons (Fsp3) is 0.364. The van der Waals surface area contributed by atoms with Crippen LogP contribution in [0.5, 0.6) is 0 Å². The van der Waals surface area contributed by atoms with E-state index in [4.69, 9.17) is 20.6 Å². The zero-order valence-corrected chi connectivity index (χ0v) is 19.2. The van der Waals surface area contributed by atoms with Gasteiger partial charge in [0.25, 0.3) is 5.91 Å².